The first-order valence-electron chi connectivity index (χ1n) is 7.18. The van der Waals surface area contributed by atoms with Crippen LogP contribution in [0.15, 0.2) is 28.6 Å². The molecule has 0 aliphatic heterocycles. The molecule has 1 aromatic carbocycles. The van der Waals surface area contributed by atoms with Gasteiger partial charge in [0.1, 0.15) is 5.82 Å². The molecule has 1 heterocycles. The second kappa shape index (κ2) is 7.58. The number of anilines is 2. The van der Waals surface area contributed by atoms with E-state index in [2.05, 4.69) is 26.1 Å². The van der Waals surface area contributed by atoms with E-state index in [9.17, 15) is 14.0 Å². The van der Waals surface area contributed by atoms with Gasteiger partial charge in [0.2, 0.25) is 11.0 Å². The second-order valence-corrected chi connectivity index (χ2v) is 7.26. The molecule has 0 spiro atoms. The van der Waals surface area contributed by atoms with Gasteiger partial charge in [0.05, 0.1) is 11.4 Å². The second-order valence-electron chi connectivity index (χ2n) is 5.06. The number of thioether (sulfide) groups is 1. The van der Waals surface area contributed by atoms with Crippen LogP contribution in [0, 0.1) is 5.82 Å². The Kier molecular flexibility index (Phi) is 5.26. The van der Waals surface area contributed by atoms with Crippen molar-refractivity contribution >= 4 is 45.9 Å². The van der Waals surface area contributed by atoms with Gasteiger partial charge in [-0.2, -0.15) is 0 Å². The van der Waals surface area contributed by atoms with Crippen molar-refractivity contribution in [3.63, 3.8) is 0 Å². The summed E-state index contributed by atoms with van der Waals surface area (Å²) in [5.41, 5.74) is 0.00960. The first-order valence-corrected chi connectivity index (χ1v) is 8.98. The molecule has 2 aromatic rings. The Hall–Kier alpha value is -2.20. The van der Waals surface area contributed by atoms with Gasteiger partial charge in [-0.1, -0.05) is 35.2 Å². The first kappa shape index (κ1) is 16.7. The number of nitrogens with zero attached hydrogens (tertiary/aromatic N) is 2. The minimum absolute atomic E-state index is 0.00960. The van der Waals surface area contributed by atoms with Gasteiger partial charge in [0.15, 0.2) is 4.34 Å². The summed E-state index contributed by atoms with van der Waals surface area (Å²) in [6.45, 7) is 0. The van der Waals surface area contributed by atoms with Crippen molar-refractivity contribution in [3.8, 4) is 0 Å². The number of carbonyl (C=O) groups excluding carboxylic acids is 2. The van der Waals surface area contributed by atoms with Gasteiger partial charge < -0.3 is 10.6 Å². The molecule has 3 amide bonds. The number of para-hydroxylation sites is 1. The maximum absolute atomic E-state index is 13.4. The predicted octanol–water partition coefficient (Wildman–Crippen LogP) is 2.69. The molecular weight excluding hydrogens is 353 g/mol. The van der Waals surface area contributed by atoms with E-state index >= 15 is 0 Å². The number of halogens is 1. The highest BCUT2D eigenvalue weighted by Crippen LogP contribution is 2.30. The van der Waals surface area contributed by atoms with Crippen LogP contribution < -0.4 is 16.0 Å². The number of nitrogens with one attached hydrogen (secondary N) is 3. The summed E-state index contributed by atoms with van der Waals surface area (Å²) in [7, 11) is 0. The lowest BCUT2D eigenvalue weighted by Gasteiger charge is -2.06. The molecule has 1 aliphatic rings. The number of benzene rings is 1. The fourth-order valence-corrected chi connectivity index (χ4v) is 3.36. The summed E-state index contributed by atoms with van der Waals surface area (Å²) >= 11 is 2.55. The van der Waals surface area contributed by atoms with Gasteiger partial charge in [-0.3, -0.25) is 10.1 Å². The Labute approximate surface area is 145 Å². The SMILES string of the molecule is O=C(CSc1nnc(NC2CC2)s1)NC(=O)Nc1ccccc1F. The number of imide groups is 1. The number of amides is 3. The minimum Gasteiger partial charge on any atom is -0.357 e. The van der Waals surface area contributed by atoms with Crippen LogP contribution in [0.2, 0.25) is 0 Å². The molecule has 0 unspecified atom stereocenters. The van der Waals surface area contributed by atoms with Gasteiger partial charge in [-0.25, -0.2) is 9.18 Å². The van der Waals surface area contributed by atoms with Gasteiger partial charge in [0, 0.05) is 6.04 Å². The third kappa shape index (κ3) is 4.90. The van der Waals surface area contributed by atoms with Crippen LogP contribution in [0.5, 0.6) is 0 Å². The number of urea groups is 1. The standard InChI is InChI=1S/C14H14FN5O2S2/c15-9-3-1-2-4-10(9)17-12(22)18-11(21)7-23-14-20-19-13(24-14)16-8-5-6-8/h1-4,8H,5-7H2,(H,16,19)(H2,17,18,21,22). The summed E-state index contributed by atoms with van der Waals surface area (Å²) < 4.78 is 14.0. The molecule has 0 radical (unpaired) electrons. The molecule has 1 saturated carbocycles. The molecule has 1 aromatic heterocycles. The van der Waals surface area contributed by atoms with Crippen LogP contribution in [0.1, 0.15) is 12.8 Å². The van der Waals surface area contributed by atoms with Crippen LogP contribution in [-0.2, 0) is 4.79 Å². The van der Waals surface area contributed by atoms with E-state index in [1.54, 1.807) is 6.07 Å². The van der Waals surface area contributed by atoms with Crippen LogP contribution in [0.25, 0.3) is 0 Å². The summed E-state index contributed by atoms with van der Waals surface area (Å²) in [5, 5.41) is 16.3. The van der Waals surface area contributed by atoms with Gasteiger partial charge >= 0.3 is 6.03 Å². The van der Waals surface area contributed by atoms with Crippen LogP contribution >= 0.6 is 23.1 Å². The smallest absolute Gasteiger partial charge is 0.325 e. The molecule has 7 nitrogen and oxygen atoms in total. The van der Waals surface area contributed by atoms with Crippen molar-refractivity contribution in [1.29, 1.82) is 0 Å². The maximum Gasteiger partial charge on any atom is 0.325 e. The molecule has 0 atom stereocenters. The number of hydrogen-bond acceptors (Lipinski definition) is 7. The molecule has 3 N–H and O–H groups in total. The Morgan fingerprint density at radius 3 is 2.83 bits per heavy atom. The zero-order valence-corrected chi connectivity index (χ0v) is 14.0. The van der Waals surface area contributed by atoms with E-state index < -0.39 is 17.8 Å². The number of rotatable bonds is 6. The molecule has 0 bridgehead atoms. The topological polar surface area (TPSA) is 96.0 Å². The Morgan fingerprint density at radius 2 is 2.08 bits per heavy atom. The highest BCUT2D eigenvalue weighted by atomic mass is 32.2. The molecule has 10 heteroatoms. The lowest BCUT2D eigenvalue weighted by atomic mass is 10.3. The minimum atomic E-state index is -0.779. The van der Waals surface area contributed by atoms with Crippen molar-refractivity contribution in [3.05, 3.63) is 30.1 Å². The summed E-state index contributed by atoms with van der Waals surface area (Å²) in [4.78, 5) is 23.4. The van der Waals surface area contributed by atoms with E-state index in [-0.39, 0.29) is 11.4 Å². The zero-order valence-electron chi connectivity index (χ0n) is 12.4. The third-order valence-corrected chi connectivity index (χ3v) is 5.00. The monoisotopic (exact) mass is 367 g/mol. The lowest BCUT2D eigenvalue weighted by molar-refractivity contribution is -0.117. The van der Waals surface area contributed by atoms with Gasteiger partial charge in [-0.15, -0.1) is 10.2 Å². The van der Waals surface area contributed by atoms with Gasteiger partial charge in [-0.05, 0) is 25.0 Å². The van der Waals surface area contributed by atoms with Crippen LogP contribution in [-0.4, -0.2) is 33.9 Å². The quantitative estimate of drug-likeness (QED) is 0.680. The van der Waals surface area contributed by atoms with Crippen molar-refractivity contribution in [1.82, 2.24) is 15.5 Å². The third-order valence-electron chi connectivity index (χ3n) is 3.01. The number of carbonyl (C=O) groups is 2. The van der Waals surface area contributed by atoms with Crippen molar-refractivity contribution in [2.45, 2.75) is 23.2 Å². The number of aromatic nitrogens is 2. The highest BCUT2D eigenvalue weighted by molar-refractivity contribution is 8.01. The molecule has 0 saturated heterocycles. The Balaban J connectivity index is 1.42. The molecule has 24 heavy (non-hydrogen) atoms. The van der Waals surface area contributed by atoms with Crippen molar-refractivity contribution in [2.24, 2.45) is 0 Å². The molecular formula is C14H14FN5O2S2. The Bertz CT molecular complexity index is 750. The van der Waals surface area contributed by atoms with E-state index in [4.69, 9.17) is 0 Å². The van der Waals surface area contributed by atoms with Crippen LogP contribution in [0.3, 0.4) is 0 Å². The Morgan fingerprint density at radius 1 is 1.29 bits per heavy atom. The maximum atomic E-state index is 13.4. The number of hydrogen-bond donors (Lipinski definition) is 3. The average Bonchev–Trinajstić information content (AvgIpc) is 3.24. The average molecular weight is 367 g/mol. The lowest BCUT2D eigenvalue weighted by Crippen LogP contribution is -2.35. The fourth-order valence-electron chi connectivity index (χ4n) is 1.73. The largest absolute Gasteiger partial charge is 0.357 e. The van der Waals surface area contributed by atoms with E-state index in [0.29, 0.717) is 10.4 Å². The molecule has 126 valence electrons. The van der Waals surface area contributed by atoms with E-state index in [1.807, 2.05) is 0 Å². The summed E-state index contributed by atoms with van der Waals surface area (Å²) in [6.07, 6.45) is 2.28. The van der Waals surface area contributed by atoms with Crippen molar-refractivity contribution < 1.29 is 14.0 Å². The zero-order chi connectivity index (χ0) is 16.9. The highest BCUT2D eigenvalue weighted by Gasteiger charge is 2.22. The van der Waals surface area contributed by atoms with Crippen molar-refractivity contribution in [2.75, 3.05) is 16.4 Å². The van der Waals surface area contributed by atoms with E-state index in [0.717, 1.165) is 18.0 Å². The molecule has 3 rings (SSSR count). The van der Waals surface area contributed by atoms with Crippen LogP contribution in [0.4, 0.5) is 20.0 Å². The first-order chi connectivity index (χ1) is 11.6. The predicted molar refractivity (Wildman–Crippen MR) is 90.8 cm³/mol. The summed E-state index contributed by atoms with van der Waals surface area (Å²) in [5.74, 6) is -1.05. The normalized spacial score (nSPS) is 13.4. The van der Waals surface area contributed by atoms with Gasteiger partial charge in [0.25, 0.3) is 0 Å². The molecule has 1 aliphatic carbocycles. The van der Waals surface area contributed by atoms with E-state index in [1.165, 1.54) is 41.3 Å². The fraction of sp³-hybridized carbons (Fsp3) is 0.286. The molecule has 1 fully saturated rings. The summed E-state index contributed by atoms with van der Waals surface area (Å²) in [6, 6.07) is 5.42.